The second-order valence-electron chi connectivity index (χ2n) is 6.06. The van der Waals surface area contributed by atoms with Crippen LogP contribution in [0.2, 0.25) is 0 Å². The van der Waals surface area contributed by atoms with Gasteiger partial charge in [0.1, 0.15) is 12.1 Å². The molecule has 20 heavy (non-hydrogen) atoms. The monoisotopic (exact) mass is 298 g/mol. The Morgan fingerprint density at radius 2 is 1.95 bits per heavy atom. The third kappa shape index (κ3) is 2.97. The molecule has 2 amide bonds. The fraction of sp³-hybridized carbons (Fsp3) is 0.867. The van der Waals surface area contributed by atoms with Crippen LogP contribution in [-0.4, -0.2) is 46.3 Å². The normalized spacial score (nSPS) is 30.2. The van der Waals surface area contributed by atoms with Crippen LogP contribution in [0, 0.1) is 0 Å². The third-order valence-electron chi connectivity index (χ3n) is 4.81. The quantitative estimate of drug-likeness (QED) is 0.865. The molecular weight excluding hydrogens is 272 g/mol. The minimum absolute atomic E-state index is 0.0106. The number of piperazine rings is 1. The topological polar surface area (TPSA) is 49.4 Å². The van der Waals surface area contributed by atoms with Crippen LogP contribution in [0.5, 0.6) is 0 Å². The Bertz CT molecular complexity index is 380. The molecule has 0 radical (unpaired) electrons. The van der Waals surface area contributed by atoms with Crippen molar-refractivity contribution in [1.82, 2.24) is 10.2 Å². The largest absolute Gasteiger partial charge is 0.343 e. The lowest BCUT2D eigenvalue weighted by Gasteiger charge is -2.44. The first-order valence-corrected chi connectivity index (χ1v) is 8.91. The summed E-state index contributed by atoms with van der Waals surface area (Å²) in [6, 6.07) is -0.669. The van der Waals surface area contributed by atoms with Gasteiger partial charge in [0.25, 0.3) is 0 Å². The van der Waals surface area contributed by atoms with Gasteiger partial charge in [-0.05, 0) is 32.4 Å². The number of hydrogen-bond acceptors (Lipinski definition) is 3. The van der Waals surface area contributed by atoms with Crippen LogP contribution in [0.15, 0.2) is 0 Å². The van der Waals surface area contributed by atoms with E-state index in [-0.39, 0.29) is 28.6 Å². The Morgan fingerprint density at radius 1 is 1.30 bits per heavy atom. The molecule has 0 spiro atoms. The lowest BCUT2D eigenvalue weighted by atomic mass is 9.87. The van der Waals surface area contributed by atoms with E-state index in [0.29, 0.717) is 6.42 Å². The van der Waals surface area contributed by atoms with Crippen molar-refractivity contribution >= 4 is 23.6 Å². The number of thioether (sulfide) groups is 1. The first-order valence-electron chi connectivity index (χ1n) is 7.69. The zero-order valence-corrected chi connectivity index (χ0v) is 13.6. The summed E-state index contributed by atoms with van der Waals surface area (Å²) in [6.07, 6.45) is 8.89. The van der Waals surface area contributed by atoms with Gasteiger partial charge in [-0.2, -0.15) is 11.8 Å². The van der Waals surface area contributed by atoms with Crippen molar-refractivity contribution in [1.29, 1.82) is 0 Å². The molecular formula is C15H26N2O2S. The van der Waals surface area contributed by atoms with E-state index in [1.54, 1.807) is 0 Å². The van der Waals surface area contributed by atoms with Gasteiger partial charge in [-0.25, -0.2) is 0 Å². The molecule has 0 aromatic heterocycles. The second-order valence-corrected chi connectivity index (χ2v) is 7.33. The molecule has 2 atom stereocenters. The van der Waals surface area contributed by atoms with Crippen molar-refractivity contribution in [2.24, 2.45) is 0 Å². The minimum atomic E-state index is -0.337. The fourth-order valence-electron chi connectivity index (χ4n) is 3.31. The molecule has 0 bridgehead atoms. The van der Waals surface area contributed by atoms with Crippen molar-refractivity contribution in [3.05, 3.63) is 0 Å². The highest BCUT2D eigenvalue weighted by atomic mass is 32.2. The molecule has 1 saturated carbocycles. The van der Waals surface area contributed by atoms with Gasteiger partial charge < -0.3 is 10.2 Å². The van der Waals surface area contributed by atoms with Gasteiger partial charge >= 0.3 is 0 Å². The molecule has 1 saturated heterocycles. The van der Waals surface area contributed by atoms with Crippen LogP contribution in [0.25, 0.3) is 0 Å². The predicted octanol–water partition coefficient (Wildman–Crippen LogP) is 2.18. The summed E-state index contributed by atoms with van der Waals surface area (Å²) in [5.74, 6) is 0.0853. The lowest BCUT2D eigenvalue weighted by Crippen LogP contribution is -2.64. The summed E-state index contributed by atoms with van der Waals surface area (Å²) in [5, 5.41) is 2.83. The number of nitrogens with zero attached hydrogens (tertiary/aromatic N) is 1. The molecule has 2 unspecified atom stereocenters. The SMILES string of the molecule is CCC1NC(=O)C(C)N(CC2(SC)CCCCC2)C1=O. The number of amides is 2. The van der Waals surface area contributed by atoms with Crippen LogP contribution in [0.1, 0.15) is 52.4 Å². The van der Waals surface area contributed by atoms with Crippen molar-refractivity contribution in [3.63, 3.8) is 0 Å². The zero-order chi connectivity index (χ0) is 14.8. The van der Waals surface area contributed by atoms with Crippen molar-refractivity contribution in [2.75, 3.05) is 12.8 Å². The van der Waals surface area contributed by atoms with E-state index in [2.05, 4.69) is 11.6 Å². The molecule has 4 nitrogen and oxygen atoms in total. The summed E-state index contributed by atoms with van der Waals surface area (Å²) < 4.78 is 0.151. The first-order chi connectivity index (χ1) is 9.53. The van der Waals surface area contributed by atoms with Gasteiger partial charge in [0.15, 0.2) is 0 Å². The molecule has 1 N–H and O–H groups in total. The highest BCUT2D eigenvalue weighted by molar-refractivity contribution is 8.00. The average molecular weight is 298 g/mol. The minimum Gasteiger partial charge on any atom is -0.343 e. The van der Waals surface area contributed by atoms with Crippen LogP contribution in [-0.2, 0) is 9.59 Å². The zero-order valence-electron chi connectivity index (χ0n) is 12.8. The van der Waals surface area contributed by atoms with Crippen LogP contribution in [0.4, 0.5) is 0 Å². The molecule has 0 aromatic rings. The third-order valence-corrected chi connectivity index (χ3v) is 6.21. The standard InChI is InChI=1S/C15H26N2O2S/c1-4-12-14(19)17(11(2)13(18)16-12)10-15(20-3)8-6-5-7-9-15/h11-12H,4-10H2,1-3H3,(H,16,18). The number of rotatable bonds is 4. The molecule has 2 rings (SSSR count). The van der Waals surface area contributed by atoms with Gasteiger partial charge in [0.05, 0.1) is 0 Å². The van der Waals surface area contributed by atoms with Gasteiger partial charge in [-0.3, -0.25) is 9.59 Å². The van der Waals surface area contributed by atoms with Crippen LogP contribution < -0.4 is 5.32 Å². The second kappa shape index (κ2) is 6.37. The first kappa shape index (κ1) is 15.7. The Labute approximate surface area is 126 Å². The van der Waals surface area contributed by atoms with E-state index >= 15 is 0 Å². The van der Waals surface area contributed by atoms with E-state index in [9.17, 15) is 9.59 Å². The van der Waals surface area contributed by atoms with E-state index in [4.69, 9.17) is 0 Å². The summed E-state index contributed by atoms with van der Waals surface area (Å²) in [6.45, 7) is 4.51. The maximum atomic E-state index is 12.5. The summed E-state index contributed by atoms with van der Waals surface area (Å²) >= 11 is 1.88. The Hall–Kier alpha value is -0.710. The van der Waals surface area contributed by atoms with Crippen LogP contribution in [0.3, 0.4) is 0 Å². The highest BCUT2D eigenvalue weighted by Gasteiger charge is 2.42. The van der Waals surface area contributed by atoms with Gasteiger partial charge in [-0.15, -0.1) is 0 Å². The van der Waals surface area contributed by atoms with E-state index < -0.39 is 0 Å². The highest BCUT2D eigenvalue weighted by Crippen LogP contribution is 2.40. The maximum absolute atomic E-state index is 12.5. The van der Waals surface area contributed by atoms with Crippen molar-refractivity contribution in [3.8, 4) is 0 Å². The Balaban J connectivity index is 2.15. The molecule has 1 aliphatic carbocycles. The average Bonchev–Trinajstić information content (AvgIpc) is 2.48. The van der Waals surface area contributed by atoms with E-state index in [1.165, 1.54) is 19.3 Å². The van der Waals surface area contributed by atoms with Crippen molar-refractivity contribution in [2.45, 2.75) is 69.2 Å². The summed E-state index contributed by atoms with van der Waals surface area (Å²) in [7, 11) is 0. The Kier molecular flexibility index (Phi) is 4.99. The molecule has 1 heterocycles. The summed E-state index contributed by atoms with van der Waals surface area (Å²) in [4.78, 5) is 26.4. The smallest absolute Gasteiger partial charge is 0.245 e. The van der Waals surface area contributed by atoms with Gasteiger partial charge in [0, 0.05) is 11.3 Å². The molecule has 2 fully saturated rings. The number of hydrogen-bond donors (Lipinski definition) is 1. The molecule has 5 heteroatoms. The van der Waals surface area contributed by atoms with E-state index in [0.717, 1.165) is 19.4 Å². The van der Waals surface area contributed by atoms with Gasteiger partial charge in [-0.1, -0.05) is 26.2 Å². The summed E-state index contributed by atoms with van der Waals surface area (Å²) in [5.41, 5.74) is 0. The maximum Gasteiger partial charge on any atom is 0.245 e. The fourth-order valence-corrected chi connectivity index (χ4v) is 4.28. The number of carbonyl (C=O) groups is 2. The Morgan fingerprint density at radius 3 is 2.50 bits per heavy atom. The van der Waals surface area contributed by atoms with E-state index in [1.807, 2.05) is 30.5 Å². The molecule has 1 aliphatic heterocycles. The predicted molar refractivity (Wildman–Crippen MR) is 82.7 cm³/mol. The molecule has 0 aromatic carbocycles. The number of nitrogens with one attached hydrogen (secondary N) is 1. The van der Waals surface area contributed by atoms with Crippen LogP contribution >= 0.6 is 11.8 Å². The van der Waals surface area contributed by atoms with Gasteiger partial charge in [0.2, 0.25) is 11.8 Å². The molecule has 114 valence electrons. The van der Waals surface area contributed by atoms with Crippen molar-refractivity contribution < 1.29 is 9.59 Å². The lowest BCUT2D eigenvalue weighted by molar-refractivity contribution is -0.149. The molecule has 2 aliphatic rings. The number of carbonyl (C=O) groups excluding carboxylic acids is 2.